The van der Waals surface area contributed by atoms with Crippen molar-refractivity contribution in [2.75, 3.05) is 6.54 Å². The Kier molecular flexibility index (Phi) is 6.24. The number of aliphatic hydroxyl groups excluding tert-OH is 1. The van der Waals surface area contributed by atoms with Crippen molar-refractivity contribution in [2.45, 2.75) is 18.9 Å². The third-order valence-electron chi connectivity index (χ3n) is 4.69. The maximum atomic E-state index is 12.7. The molecule has 29 heavy (non-hydrogen) atoms. The van der Waals surface area contributed by atoms with Crippen molar-refractivity contribution in [3.05, 3.63) is 83.4 Å². The Balaban J connectivity index is 2.00. The Hall–Kier alpha value is -3.67. The van der Waals surface area contributed by atoms with E-state index in [9.17, 15) is 19.5 Å². The molecule has 2 N–H and O–H groups in total. The molecule has 6 nitrogen and oxygen atoms in total. The van der Waals surface area contributed by atoms with Crippen LogP contribution >= 0.6 is 0 Å². The second-order valence-corrected chi connectivity index (χ2v) is 6.67. The first kappa shape index (κ1) is 20.1. The minimum atomic E-state index is -0.970. The molecule has 1 saturated heterocycles. The van der Waals surface area contributed by atoms with E-state index < -0.39 is 23.7 Å². The van der Waals surface area contributed by atoms with Gasteiger partial charge in [-0.3, -0.25) is 14.4 Å². The fourth-order valence-corrected chi connectivity index (χ4v) is 3.27. The van der Waals surface area contributed by atoms with Crippen molar-refractivity contribution in [3.8, 4) is 0 Å². The third-order valence-corrected chi connectivity index (χ3v) is 4.69. The molecule has 3 rings (SSSR count). The van der Waals surface area contributed by atoms with Crippen LogP contribution < -0.4 is 0 Å². The molecule has 1 aliphatic rings. The van der Waals surface area contributed by atoms with Crippen LogP contribution in [0.3, 0.4) is 0 Å². The summed E-state index contributed by atoms with van der Waals surface area (Å²) in [4.78, 5) is 37.4. The molecule has 0 saturated carbocycles. The van der Waals surface area contributed by atoms with Gasteiger partial charge >= 0.3 is 5.97 Å². The Morgan fingerprint density at radius 2 is 1.59 bits per heavy atom. The number of hydrogen-bond acceptors (Lipinski definition) is 4. The second-order valence-electron chi connectivity index (χ2n) is 6.67. The molecule has 1 unspecified atom stereocenters. The number of Topliss-reactive ketones (excluding diaryl/α,β-unsaturated/α-hetero) is 1. The zero-order valence-corrected chi connectivity index (χ0v) is 15.7. The molecular weight excluding hydrogens is 370 g/mol. The highest BCUT2D eigenvalue weighted by Crippen LogP contribution is 2.30. The standard InChI is InChI=1S/C23H21NO5/c25-19(26)12-7-15-24-18(14-13-16-8-3-1-4-9-16)20(22(28)23(24)29)21(27)17-10-5-2-6-11-17/h1-6,8-11,13-14,18,27H,7,12,15H2,(H,25,26). The van der Waals surface area contributed by atoms with Gasteiger partial charge in [-0.2, -0.15) is 0 Å². The van der Waals surface area contributed by atoms with E-state index in [1.807, 2.05) is 30.3 Å². The van der Waals surface area contributed by atoms with Crippen LogP contribution in [-0.4, -0.2) is 45.4 Å². The smallest absolute Gasteiger partial charge is 0.303 e. The van der Waals surface area contributed by atoms with Gasteiger partial charge in [-0.15, -0.1) is 0 Å². The summed E-state index contributed by atoms with van der Waals surface area (Å²) in [6, 6.07) is 17.2. The number of carbonyl (C=O) groups is 3. The van der Waals surface area contributed by atoms with Gasteiger partial charge in [0.25, 0.3) is 11.7 Å². The van der Waals surface area contributed by atoms with Crippen molar-refractivity contribution in [1.29, 1.82) is 0 Å². The van der Waals surface area contributed by atoms with Gasteiger partial charge < -0.3 is 15.1 Å². The van der Waals surface area contributed by atoms with E-state index in [1.165, 1.54) is 4.90 Å². The van der Waals surface area contributed by atoms with Gasteiger partial charge in [-0.25, -0.2) is 0 Å². The number of carboxylic acids is 1. The van der Waals surface area contributed by atoms with Crippen molar-refractivity contribution in [1.82, 2.24) is 4.90 Å². The van der Waals surface area contributed by atoms with E-state index in [1.54, 1.807) is 42.5 Å². The summed E-state index contributed by atoms with van der Waals surface area (Å²) in [6.45, 7) is 0.103. The van der Waals surface area contributed by atoms with Crippen molar-refractivity contribution < 1.29 is 24.6 Å². The highest BCUT2D eigenvalue weighted by Gasteiger charge is 2.43. The van der Waals surface area contributed by atoms with Gasteiger partial charge in [0.1, 0.15) is 5.76 Å². The van der Waals surface area contributed by atoms with Crippen LogP contribution in [0.5, 0.6) is 0 Å². The number of hydrogen-bond donors (Lipinski definition) is 2. The fourth-order valence-electron chi connectivity index (χ4n) is 3.27. The van der Waals surface area contributed by atoms with Crippen LogP contribution in [0.25, 0.3) is 11.8 Å². The third kappa shape index (κ3) is 4.60. The van der Waals surface area contributed by atoms with Crippen molar-refractivity contribution in [2.24, 2.45) is 0 Å². The predicted molar refractivity (Wildman–Crippen MR) is 109 cm³/mol. The Morgan fingerprint density at radius 3 is 2.21 bits per heavy atom. The van der Waals surface area contributed by atoms with Crippen molar-refractivity contribution >= 4 is 29.5 Å². The van der Waals surface area contributed by atoms with Crippen LogP contribution in [0.4, 0.5) is 0 Å². The zero-order valence-electron chi connectivity index (χ0n) is 15.7. The van der Waals surface area contributed by atoms with E-state index in [2.05, 4.69) is 0 Å². The Morgan fingerprint density at radius 1 is 0.966 bits per heavy atom. The molecule has 1 aliphatic heterocycles. The molecule has 2 aromatic rings. The first-order valence-electron chi connectivity index (χ1n) is 9.28. The van der Waals surface area contributed by atoms with Gasteiger partial charge in [0.15, 0.2) is 0 Å². The maximum Gasteiger partial charge on any atom is 0.303 e. The summed E-state index contributed by atoms with van der Waals surface area (Å²) < 4.78 is 0. The van der Waals surface area contributed by atoms with Crippen LogP contribution in [-0.2, 0) is 14.4 Å². The first-order valence-corrected chi connectivity index (χ1v) is 9.28. The quantitative estimate of drug-likeness (QED) is 0.429. The molecule has 1 atom stereocenters. The molecule has 0 aromatic heterocycles. The highest BCUT2D eigenvalue weighted by molar-refractivity contribution is 6.47. The summed E-state index contributed by atoms with van der Waals surface area (Å²) in [5.41, 5.74) is 1.32. The monoisotopic (exact) mass is 391 g/mol. The minimum absolute atomic E-state index is 0.00343. The average Bonchev–Trinajstić information content (AvgIpc) is 2.97. The minimum Gasteiger partial charge on any atom is -0.507 e. The van der Waals surface area contributed by atoms with Gasteiger partial charge in [-0.1, -0.05) is 72.8 Å². The van der Waals surface area contributed by atoms with E-state index in [0.29, 0.717) is 5.56 Å². The lowest BCUT2D eigenvalue weighted by Gasteiger charge is -2.22. The first-order chi connectivity index (χ1) is 14.0. The number of ketones is 1. The molecular formula is C23H21NO5. The molecule has 1 amide bonds. The molecule has 0 spiro atoms. The molecule has 2 aromatic carbocycles. The number of amides is 1. The van der Waals surface area contributed by atoms with E-state index in [0.717, 1.165) is 5.56 Å². The molecule has 1 fully saturated rings. The topological polar surface area (TPSA) is 94.9 Å². The fraction of sp³-hybridized carbons (Fsp3) is 0.174. The molecule has 148 valence electrons. The average molecular weight is 391 g/mol. The van der Waals surface area contributed by atoms with Gasteiger partial charge in [0, 0.05) is 18.5 Å². The van der Waals surface area contributed by atoms with Gasteiger partial charge in [-0.05, 0) is 12.0 Å². The molecule has 0 bridgehead atoms. The van der Waals surface area contributed by atoms with Crippen LogP contribution in [0, 0.1) is 0 Å². The Bertz CT molecular complexity index is 963. The second kappa shape index (κ2) is 9.01. The van der Waals surface area contributed by atoms with Crippen LogP contribution in [0.1, 0.15) is 24.0 Å². The molecule has 0 aliphatic carbocycles. The van der Waals surface area contributed by atoms with Crippen molar-refractivity contribution in [3.63, 3.8) is 0 Å². The summed E-state index contributed by atoms with van der Waals surface area (Å²) in [5.74, 6) is -2.73. The normalized spacial score (nSPS) is 18.5. The zero-order chi connectivity index (χ0) is 20.8. The summed E-state index contributed by atoms with van der Waals surface area (Å²) in [7, 11) is 0. The summed E-state index contributed by atoms with van der Waals surface area (Å²) in [5, 5.41) is 19.6. The summed E-state index contributed by atoms with van der Waals surface area (Å²) >= 11 is 0. The number of carboxylic acid groups (broad SMARTS) is 1. The number of likely N-dealkylation sites (tertiary alicyclic amines) is 1. The molecule has 6 heteroatoms. The number of aliphatic hydroxyl groups is 1. The SMILES string of the molecule is O=C(O)CCCN1C(=O)C(=O)C(=C(O)c2ccccc2)C1C=Cc1ccccc1. The van der Waals surface area contributed by atoms with E-state index in [-0.39, 0.29) is 30.7 Å². The van der Waals surface area contributed by atoms with Gasteiger partial charge in [0.05, 0.1) is 11.6 Å². The van der Waals surface area contributed by atoms with Gasteiger partial charge in [0.2, 0.25) is 0 Å². The van der Waals surface area contributed by atoms with E-state index >= 15 is 0 Å². The van der Waals surface area contributed by atoms with Crippen LogP contribution in [0.2, 0.25) is 0 Å². The largest absolute Gasteiger partial charge is 0.507 e. The highest BCUT2D eigenvalue weighted by atomic mass is 16.4. The number of rotatable bonds is 7. The number of nitrogens with zero attached hydrogens (tertiary/aromatic N) is 1. The lowest BCUT2D eigenvalue weighted by atomic mass is 10.00. The number of aliphatic carboxylic acids is 1. The number of benzene rings is 2. The lowest BCUT2D eigenvalue weighted by Crippen LogP contribution is -2.34. The Labute approximate surface area is 168 Å². The summed E-state index contributed by atoms with van der Waals surface area (Å²) in [6.07, 6.45) is 3.56. The lowest BCUT2D eigenvalue weighted by molar-refractivity contribution is -0.140. The number of carbonyl (C=O) groups excluding carboxylic acids is 2. The maximum absolute atomic E-state index is 12.7. The molecule has 0 radical (unpaired) electrons. The van der Waals surface area contributed by atoms with Crippen LogP contribution in [0.15, 0.2) is 72.3 Å². The molecule has 1 heterocycles. The predicted octanol–water partition coefficient (Wildman–Crippen LogP) is 3.31. The van der Waals surface area contributed by atoms with E-state index in [4.69, 9.17) is 5.11 Å².